The number of benzene rings is 3. The Balaban J connectivity index is 0.000000730. The topological polar surface area (TPSA) is 86.5 Å². The Morgan fingerprint density at radius 3 is 1.97 bits per heavy atom. The first-order valence-corrected chi connectivity index (χ1v) is 10.0. The number of ketones is 2. The van der Waals surface area contributed by atoms with Crippen molar-refractivity contribution in [1.82, 2.24) is 0 Å². The van der Waals surface area contributed by atoms with E-state index in [9.17, 15) is 14.4 Å². The van der Waals surface area contributed by atoms with Gasteiger partial charge in [0.15, 0.2) is 11.6 Å². The van der Waals surface area contributed by atoms with E-state index in [1.165, 1.54) is 0 Å². The highest BCUT2D eigenvalue weighted by molar-refractivity contribution is 6.55. The van der Waals surface area contributed by atoms with Crippen LogP contribution in [0.2, 0.25) is 0 Å². The highest BCUT2D eigenvalue weighted by Gasteiger charge is 2.33. The summed E-state index contributed by atoms with van der Waals surface area (Å²) in [6, 6.07) is 19.4. The van der Waals surface area contributed by atoms with Crippen molar-refractivity contribution in [2.75, 3.05) is 6.54 Å². The Hall–Kier alpha value is -3.83. The molecule has 0 aromatic heterocycles. The van der Waals surface area contributed by atoms with Gasteiger partial charge in [-0.05, 0) is 36.4 Å². The van der Waals surface area contributed by atoms with Gasteiger partial charge in [0.25, 0.3) is 0 Å². The molecule has 3 aromatic rings. The summed E-state index contributed by atoms with van der Waals surface area (Å²) in [4.78, 5) is 37.9. The van der Waals surface area contributed by atoms with Gasteiger partial charge in [0.2, 0.25) is 0 Å². The van der Waals surface area contributed by atoms with Crippen LogP contribution < -0.4 is 20.9 Å². The number of esters is 1. The monoisotopic (exact) mass is 411 g/mol. The van der Waals surface area contributed by atoms with Gasteiger partial charge in [0.05, 0.1) is 11.1 Å². The fraction of sp³-hybridized carbons (Fsp3) is 0.115. The Labute approximate surface area is 179 Å². The number of hydrogen-bond acceptors (Lipinski definition) is 5. The molecule has 0 amide bonds. The zero-order valence-corrected chi connectivity index (χ0v) is 17.3. The lowest BCUT2D eigenvalue weighted by Gasteiger charge is -2.00. The van der Waals surface area contributed by atoms with Crippen LogP contribution in [0.25, 0.3) is 11.1 Å². The van der Waals surface area contributed by atoms with Crippen molar-refractivity contribution in [3.05, 3.63) is 99.4 Å². The van der Waals surface area contributed by atoms with E-state index < -0.39 is 5.97 Å². The fourth-order valence-electron chi connectivity index (χ4n) is 3.74. The molecule has 0 radical (unpaired) electrons. The summed E-state index contributed by atoms with van der Waals surface area (Å²) in [5, 5.41) is 1.12. The highest BCUT2D eigenvalue weighted by atomic mass is 16.5. The average Bonchev–Trinajstić information content (AvgIpc) is 3.22. The van der Waals surface area contributed by atoms with Crippen molar-refractivity contribution in [2.45, 2.75) is 13.8 Å². The van der Waals surface area contributed by atoms with Crippen LogP contribution in [0.4, 0.5) is 0 Å². The van der Waals surface area contributed by atoms with E-state index in [0.29, 0.717) is 32.9 Å². The molecular weight excluding hydrogens is 390 g/mol. The molecular formula is C26H21NO4. The molecule has 0 saturated carbocycles. The first kappa shape index (κ1) is 20.4. The van der Waals surface area contributed by atoms with Gasteiger partial charge in [-0.3, -0.25) is 9.59 Å². The maximum absolute atomic E-state index is 12.7. The van der Waals surface area contributed by atoms with E-state index in [1.54, 1.807) is 42.5 Å². The van der Waals surface area contributed by atoms with Crippen LogP contribution >= 0.6 is 0 Å². The predicted octanol–water partition coefficient (Wildman–Crippen LogP) is 2.31. The van der Waals surface area contributed by atoms with E-state index in [4.69, 9.17) is 10.5 Å². The third-order valence-corrected chi connectivity index (χ3v) is 5.16. The van der Waals surface area contributed by atoms with Crippen molar-refractivity contribution in [3.8, 4) is 5.75 Å². The lowest BCUT2D eigenvalue weighted by Crippen LogP contribution is -2.17. The van der Waals surface area contributed by atoms with E-state index in [2.05, 4.69) is 0 Å². The quantitative estimate of drug-likeness (QED) is 0.491. The maximum Gasteiger partial charge on any atom is 0.344 e. The molecule has 5 rings (SSSR count). The first-order valence-electron chi connectivity index (χ1n) is 10.0. The second-order valence-electron chi connectivity index (χ2n) is 7.33. The molecule has 31 heavy (non-hydrogen) atoms. The summed E-state index contributed by atoms with van der Waals surface area (Å²) < 4.78 is 5.44. The first-order chi connectivity index (χ1) is 15.0. The lowest BCUT2D eigenvalue weighted by molar-refractivity contribution is -0.127. The number of hydrogen-bond donors (Lipinski definition) is 1. The van der Waals surface area contributed by atoms with Crippen LogP contribution in [0.3, 0.4) is 0 Å². The normalized spacial score (nSPS) is 14.1. The van der Waals surface area contributed by atoms with Gasteiger partial charge in [-0.25, -0.2) is 4.79 Å². The third-order valence-electron chi connectivity index (χ3n) is 5.16. The SMILES string of the molecule is CCN.Cc1ccc(C2=c3ccc(=C4C(=O)c5ccccc5C4=O)cc3OC2=O)cc1. The van der Waals surface area contributed by atoms with E-state index in [-0.39, 0.29) is 17.1 Å². The minimum atomic E-state index is -0.437. The van der Waals surface area contributed by atoms with Gasteiger partial charge in [-0.15, -0.1) is 0 Å². The summed E-state index contributed by atoms with van der Waals surface area (Å²) in [5.74, 6) is -0.671. The molecule has 0 atom stereocenters. The van der Waals surface area contributed by atoms with Crippen molar-refractivity contribution >= 4 is 28.7 Å². The van der Waals surface area contributed by atoms with Gasteiger partial charge in [-0.1, -0.05) is 67.1 Å². The van der Waals surface area contributed by atoms with Gasteiger partial charge in [-0.2, -0.15) is 0 Å². The molecule has 5 nitrogen and oxygen atoms in total. The van der Waals surface area contributed by atoms with Gasteiger partial charge >= 0.3 is 5.97 Å². The van der Waals surface area contributed by atoms with Crippen molar-refractivity contribution in [3.63, 3.8) is 0 Å². The van der Waals surface area contributed by atoms with Crippen LogP contribution in [0.1, 0.15) is 38.8 Å². The summed E-state index contributed by atoms with van der Waals surface area (Å²) in [7, 11) is 0. The number of ether oxygens (including phenoxy) is 1. The molecule has 0 saturated heterocycles. The molecule has 0 unspecified atom stereocenters. The molecule has 0 fully saturated rings. The summed E-state index contributed by atoms with van der Waals surface area (Å²) in [5.41, 5.74) is 8.14. The zero-order valence-electron chi connectivity index (χ0n) is 17.3. The number of carbonyl (C=O) groups is 3. The van der Waals surface area contributed by atoms with Gasteiger partial charge in [0, 0.05) is 16.3 Å². The number of rotatable bonds is 1. The number of carbonyl (C=O) groups excluding carboxylic acids is 3. The molecule has 0 bridgehead atoms. The molecule has 1 aliphatic carbocycles. The Bertz CT molecular complexity index is 1310. The summed E-state index contributed by atoms with van der Waals surface area (Å²) in [6.07, 6.45) is 0. The van der Waals surface area contributed by atoms with Crippen molar-refractivity contribution in [2.24, 2.45) is 5.73 Å². The summed E-state index contributed by atoms with van der Waals surface area (Å²) in [6.45, 7) is 4.63. The number of Topliss-reactive ketones (excluding diaryl/α,β-unsaturated/α-hetero) is 2. The Morgan fingerprint density at radius 2 is 1.39 bits per heavy atom. The van der Waals surface area contributed by atoms with E-state index in [0.717, 1.165) is 17.7 Å². The van der Waals surface area contributed by atoms with Crippen LogP contribution in [0.15, 0.2) is 66.7 Å². The highest BCUT2D eigenvalue weighted by Crippen LogP contribution is 2.27. The van der Waals surface area contributed by atoms with Crippen LogP contribution in [0, 0.1) is 6.92 Å². The molecule has 2 N–H and O–H groups in total. The fourth-order valence-corrected chi connectivity index (χ4v) is 3.74. The van der Waals surface area contributed by atoms with Gasteiger partial charge in [0.1, 0.15) is 5.75 Å². The second kappa shape index (κ2) is 8.13. The van der Waals surface area contributed by atoms with Crippen LogP contribution in [0.5, 0.6) is 5.75 Å². The number of fused-ring (bicyclic) bond motifs is 2. The largest absolute Gasteiger partial charge is 0.422 e. The van der Waals surface area contributed by atoms with E-state index >= 15 is 0 Å². The molecule has 154 valence electrons. The number of aryl methyl sites for hydroxylation is 1. The maximum atomic E-state index is 12.7. The van der Waals surface area contributed by atoms with Crippen LogP contribution in [-0.2, 0) is 4.79 Å². The summed E-state index contributed by atoms with van der Waals surface area (Å²) >= 11 is 0. The van der Waals surface area contributed by atoms with Crippen molar-refractivity contribution in [1.29, 1.82) is 0 Å². The van der Waals surface area contributed by atoms with Gasteiger partial charge < -0.3 is 10.5 Å². The molecule has 5 heteroatoms. The second-order valence-corrected chi connectivity index (χ2v) is 7.33. The van der Waals surface area contributed by atoms with Crippen molar-refractivity contribution < 1.29 is 19.1 Å². The third kappa shape index (κ3) is 3.49. The van der Waals surface area contributed by atoms with Crippen LogP contribution in [-0.4, -0.2) is 24.1 Å². The Morgan fingerprint density at radius 1 is 0.806 bits per heavy atom. The minimum absolute atomic E-state index is 0.115. The molecule has 1 aliphatic heterocycles. The standard InChI is InChI=1S/C24H14O4.C2H7N/c1-13-6-8-14(9-7-13)20-18-11-10-15(12-19(18)28-24(20)27)21-22(25)16-4-2-3-5-17(16)23(21)26;1-2-3/h2-12H,1H3;2-3H2,1H3. The molecule has 0 spiro atoms. The zero-order chi connectivity index (χ0) is 22.1. The molecule has 3 aromatic carbocycles. The minimum Gasteiger partial charge on any atom is -0.422 e. The average molecular weight is 411 g/mol. The molecule has 2 aliphatic rings. The Kier molecular flexibility index (Phi) is 5.36. The predicted molar refractivity (Wildman–Crippen MR) is 118 cm³/mol. The molecule has 1 heterocycles. The lowest BCUT2D eigenvalue weighted by atomic mass is 10.0. The van der Waals surface area contributed by atoms with E-state index in [1.807, 2.05) is 38.1 Å². The smallest absolute Gasteiger partial charge is 0.344 e. The number of nitrogens with two attached hydrogens (primary N) is 1.